The standard InChI is InChI=1S/C26H24Cl2N2O5/c1-16-6-8-17(9-7-16)14-24(35-33)30-26(32)23(13-18-10-11-21(27)22(28)12-18)29-25(31)19-4-3-5-20(15-19)34-2/h3-13,15,24,33H,14H2,1-2H3,(H,29,31)(H,30,32)/b23-13+. The summed E-state index contributed by atoms with van der Waals surface area (Å²) in [5.41, 5.74) is 2.63. The van der Waals surface area contributed by atoms with Crippen molar-refractivity contribution in [2.24, 2.45) is 0 Å². The van der Waals surface area contributed by atoms with Gasteiger partial charge in [0.15, 0.2) is 6.23 Å². The first-order valence-corrected chi connectivity index (χ1v) is 11.3. The molecule has 35 heavy (non-hydrogen) atoms. The Balaban J connectivity index is 1.86. The molecule has 9 heteroatoms. The molecule has 0 aliphatic carbocycles. The third-order valence-electron chi connectivity index (χ3n) is 5.04. The highest BCUT2D eigenvalue weighted by molar-refractivity contribution is 6.42. The third kappa shape index (κ3) is 7.56. The Kier molecular flexibility index (Phi) is 9.28. The van der Waals surface area contributed by atoms with Crippen molar-refractivity contribution in [1.82, 2.24) is 10.6 Å². The smallest absolute Gasteiger partial charge is 0.269 e. The molecule has 182 valence electrons. The van der Waals surface area contributed by atoms with Gasteiger partial charge in [-0.15, -0.1) is 0 Å². The van der Waals surface area contributed by atoms with Crippen molar-refractivity contribution in [3.63, 3.8) is 0 Å². The van der Waals surface area contributed by atoms with Crippen molar-refractivity contribution >= 4 is 41.1 Å². The predicted molar refractivity (Wildman–Crippen MR) is 135 cm³/mol. The van der Waals surface area contributed by atoms with E-state index in [2.05, 4.69) is 15.5 Å². The highest BCUT2D eigenvalue weighted by atomic mass is 35.5. The molecule has 0 aliphatic rings. The Bertz CT molecular complexity index is 1230. The Morgan fingerprint density at radius 1 is 1.03 bits per heavy atom. The van der Waals surface area contributed by atoms with Crippen LogP contribution in [-0.4, -0.2) is 30.4 Å². The van der Waals surface area contributed by atoms with E-state index in [1.165, 1.54) is 13.2 Å². The first kappa shape index (κ1) is 26.2. The zero-order valence-electron chi connectivity index (χ0n) is 19.0. The van der Waals surface area contributed by atoms with Crippen molar-refractivity contribution in [2.75, 3.05) is 7.11 Å². The number of halogens is 2. The molecule has 1 unspecified atom stereocenters. The molecule has 0 spiro atoms. The molecule has 0 heterocycles. The van der Waals surface area contributed by atoms with Crippen LogP contribution in [-0.2, 0) is 16.1 Å². The zero-order valence-corrected chi connectivity index (χ0v) is 20.6. The molecule has 0 aromatic heterocycles. The van der Waals surface area contributed by atoms with Crippen LogP contribution < -0.4 is 15.4 Å². The summed E-state index contributed by atoms with van der Waals surface area (Å²) in [4.78, 5) is 30.5. The van der Waals surface area contributed by atoms with Crippen molar-refractivity contribution in [2.45, 2.75) is 19.6 Å². The van der Waals surface area contributed by atoms with Gasteiger partial charge >= 0.3 is 0 Å². The first-order valence-electron chi connectivity index (χ1n) is 10.6. The first-order chi connectivity index (χ1) is 16.8. The van der Waals surface area contributed by atoms with Crippen LogP contribution in [0, 0.1) is 6.92 Å². The average Bonchev–Trinajstić information content (AvgIpc) is 2.86. The van der Waals surface area contributed by atoms with E-state index in [0.29, 0.717) is 16.3 Å². The summed E-state index contributed by atoms with van der Waals surface area (Å²) in [6.45, 7) is 1.96. The lowest BCUT2D eigenvalue weighted by Gasteiger charge is -2.18. The van der Waals surface area contributed by atoms with Crippen molar-refractivity contribution in [3.05, 3.63) is 105 Å². The van der Waals surface area contributed by atoms with E-state index in [9.17, 15) is 14.8 Å². The molecular weight excluding hydrogens is 491 g/mol. The molecule has 0 saturated heterocycles. The number of benzene rings is 3. The average molecular weight is 515 g/mol. The molecule has 2 amide bonds. The second kappa shape index (κ2) is 12.4. The van der Waals surface area contributed by atoms with Gasteiger partial charge in [0.25, 0.3) is 11.8 Å². The van der Waals surface area contributed by atoms with Crippen LogP contribution in [0.1, 0.15) is 27.0 Å². The van der Waals surface area contributed by atoms with E-state index < -0.39 is 18.0 Å². The highest BCUT2D eigenvalue weighted by Crippen LogP contribution is 2.24. The number of hydrogen-bond donors (Lipinski definition) is 3. The molecular formula is C26H24Cl2N2O5. The minimum atomic E-state index is -1.06. The third-order valence-corrected chi connectivity index (χ3v) is 5.78. The molecule has 0 fully saturated rings. The molecule has 3 N–H and O–H groups in total. The van der Waals surface area contributed by atoms with Crippen molar-refractivity contribution in [1.29, 1.82) is 0 Å². The maximum atomic E-state index is 13.1. The molecule has 3 aromatic rings. The molecule has 7 nitrogen and oxygen atoms in total. The summed E-state index contributed by atoms with van der Waals surface area (Å²) in [6.07, 6.45) is 0.582. The Morgan fingerprint density at radius 3 is 2.43 bits per heavy atom. The lowest BCUT2D eigenvalue weighted by molar-refractivity contribution is -0.283. The number of methoxy groups -OCH3 is 1. The fraction of sp³-hybridized carbons (Fsp3) is 0.154. The van der Waals surface area contributed by atoms with E-state index in [0.717, 1.165) is 11.1 Å². The van der Waals surface area contributed by atoms with E-state index in [-0.39, 0.29) is 22.7 Å². The van der Waals surface area contributed by atoms with E-state index in [4.69, 9.17) is 27.9 Å². The Morgan fingerprint density at radius 2 is 1.77 bits per heavy atom. The second-order valence-electron chi connectivity index (χ2n) is 7.67. The van der Waals surface area contributed by atoms with E-state index in [1.807, 2.05) is 31.2 Å². The fourth-order valence-electron chi connectivity index (χ4n) is 3.16. The molecule has 0 bridgehead atoms. The van der Waals surface area contributed by atoms with Crippen LogP contribution in [0.4, 0.5) is 0 Å². The number of amides is 2. The van der Waals surface area contributed by atoms with Crippen molar-refractivity contribution in [3.8, 4) is 5.75 Å². The van der Waals surface area contributed by atoms with E-state index in [1.54, 1.807) is 42.5 Å². The summed E-state index contributed by atoms with van der Waals surface area (Å²) in [5, 5.41) is 15.2. The predicted octanol–water partition coefficient (Wildman–Crippen LogP) is 5.26. The molecule has 0 saturated carbocycles. The van der Waals surface area contributed by atoms with Gasteiger partial charge in [-0.25, -0.2) is 10.1 Å². The van der Waals surface area contributed by atoms with Gasteiger partial charge in [0.05, 0.1) is 17.2 Å². The van der Waals surface area contributed by atoms with Crippen molar-refractivity contribution < 1.29 is 24.5 Å². The number of carbonyl (C=O) groups excluding carboxylic acids is 2. The summed E-state index contributed by atoms with van der Waals surface area (Å²) < 4.78 is 5.16. The van der Waals surface area contributed by atoms with Gasteiger partial charge in [0.1, 0.15) is 11.4 Å². The number of carbonyl (C=O) groups is 2. The SMILES string of the molecule is COc1cccc(C(=O)N/C(=C/c2ccc(Cl)c(Cl)c2)C(=O)NC(Cc2ccc(C)cc2)OO)c1. The van der Waals surface area contributed by atoms with Gasteiger partial charge in [-0.2, -0.15) is 0 Å². The van der Waals surface area contributed by atoms with Gasteiger partial charge in [0.2, 0.25) is 0 Å². The monoisotopic (exact) mass is 514 g/mol. The van der Waals surface area contributed by atoms with Crippen LogP contribution in [0.5, 0.6) is 5.75 Å². The molecule has 0 aliphatic heterocycles. The van der Waals surface area contributed by atoms with Gasteiger partial charge in [-0.1, -0.05) is 65.2 Å². The number of hydrogen-bond acceptors (Lipinski definition) is 5. The summed E-state index contributed by atoms with van der Waals surface area (Å²) in [7, 11) is 1.49. The Hall–Kier alpha value is -3.36. The molecule has 3 rings (SSSR count). The normalized spacial score (nSPS) is 12.1. The lowest BCUT2D eigenvalue weighted by Crippen LogP contribution is -2.42. The highest BCUT2D eigenvalue weighted by Gasteiger charge is 2.20. The number of aryl methyl sites for hydroxylation is 1. The van der Waals surface area contributed by atoms with Gasteiger partial charge in [0, 0.05) is 12.0 Å². The van der Waals surface area contributed by atoms with E-state index >= 15 is 0 Å². The minimum absolute atomic E-state index is 0.0952. The van der Waals surface area contributed by atoms with Crippen LogP contribution in [0.3, 0.4) is 0 Å². The van der Waals surface area contributed by atoms with Crippen LogP contribution in [0.2, 0.25) is 10.0 Å². The topological polar surface area (TPSA) is 96.9 Å². The summed E-state index contributed by atoms with van der Waals surface area (Å²) in [5.74, 6) is -0.729. The number of rotatable bonds is 9. The summed E-state index contributed by atoms with van der Waals surface area (Å²) in [6, 6.07) is 18.8. The Labute approximate surface area is 213 Å². The van der Waals surface area contributed by atoms with Gasteiger partial charge in [-0.05, 0) is 54.5 Å². The molecule has 3 aromatic carbocycles. The van der Waals surface area contributed by atoms with Gasteiger partial charge < -0.3 is 15.4 Å². The quantitative estimate of drug-likeness (QED) is 0.157. The zero-order chi connectivity index (χ0) is 25.4. The molecule has 0 radical (unpaired) electrons. The number of nitrogens with one attached hydrogen (secondary N) is 2. The lowest BCUT2D eigenvalue weighted by atomic mass is 10.1. The maximum Gasteiger partial charge on any atom is 0.269 e. The largest absolute Gasteiger partial charge is 0.497 e. The maximum absolute atomic E-state index is 13.1. The fourth-order valence-corrected chi connectivity index (χ4v) is 3.47. The number of ether oxygens (including phenoxy) is 1. The van der Waals surface area contributed by atoms with Crippen LogP contribution >= 0.6 is 23.2 Å². The van der Waals surface area contributed by atoms with Crippen LogP contribution in [0.15, 0.2) is 72.4 Å². The van der Waals surface area contributed by atoms with Crippen LogP contribution in [0.25, 0.3) is 6.08 Å². The minimum Gasteiger partial charge on any atom is -0.497 e. The summed E-state index contributed by atoms with van der Waals surface area (Å²) >= 11 is 12.1. The van der Waals surface area contributed by atoms with Gasteiger partial charge in [-0.3, -0.25) is 9.59 Å². The molecule has 1 atom stereocenters. The second-order valence-corrected chi connectivity index (χ2v) is 8.49.